The van der Waals surface area contributed by atoms with Crippen LogP contribution >= 0.6 is 11.5 Å². The van der Waals surface area contributed by atoms with Gasteiger partial charge in [0, 0.05) is 60.3 Å². The van der Waals surface area contributed by atoms with Crippen LogP contribution in [-0.4, -0.2) is 68.4 Å². The van der Waals surface area contributed by atoms with Gasteiger partial charge < -0.3 is 30.5 Å². The topological polar surface area (TPSA) is 155 Å². The Balaban J connectivity index is 1.92. The predicted molar refractivity (Wildman–Crippen MR) is 155 cm³/mol. The molecule has 12 nitrogen and oxygen atoms in total. The van der Waals surface area contributed by atoms with Gasteiger partial charge in [-0.2, -0.15) is 4.37 Å². The summed E-state index contributed by atoms with van der Waals surface area (Å²) in [6.45, 7) is 5.64. The van der Waals surface area contributed by atoms with Crippen LogP contribution in [0.15, 0.2) is 41.6 Å². The molecule has 0 saturated carbocycles. The lowest BCUT2D eigenvalue weighted by Gasteiger charge is -2.26. The predicted octanol–water partition coefficient (Wildman–Crippen LogP) is 3.91. The van der Waals surface area contributed by atoms with Crippen LogP contribution in [0.25, 0.3) is 0 Å². The van der Waals surface area contributed by atoms with Gasteiger partial charge >= 0.3 is 6.09 Å². The number of aromatic nitrogens is 2. The van der Waals surface area contributed by atoms with E-state index in [1.807, 2.05) is 13.8 Å². The molecule has 0 aliphatic carbocycles. The van der Waals surface area contributed by atoms with E-state index in [4.69, 9.17) is 14.6 Å². The summed E-state index contributed by atoms with van der Waals surface area (Å²) in [5, 5.41) is 17.4. The minimum absolute atomic E-state index is 0.0599. The summed E-state index contributed by atoms with van der Waals surface area (Å²) < 4.78 is 73.5. The molecule has 0 radical (unpaired) electrons. The van der Waals surface area contributed by atoms with E-state index in [0.717, 1.165) is 28.2 Å². The molecule has 16 heteroatoms. The molecular formula is C26H34F2N6O6S2. The molecule has 0 fully saturated rings. The lowest BCUT2D eigenvalue weighted by molar-refractivity contribution is 0.186. The Bertz CT molecular complexity index is 1460. The van der Waals surface area contributed by atoms with Gasteiger partial charge in [0.15, 0.2) is 0 Å². The Hall–Kier alpha value is -3.76. The number of carbonyl (C=O) groups is 1. The highest BCUT2D eigenvalue weighted by Crippen LogP contribution is 2.33. The highest BCUT2D eigenvalue weighted by molar-refractivity contribution is 7.93. The van der Waals surface area contributed by atoms with Crippen LogP contribution in [0.4, 0.5) is 24.4 Å². The molecule has 0 spiro atoms. The van der Waals surface area contributed by atoms with E-state index in [0.29, 0.717) is 29.7 Å². The third-order valence-electron chi connectivity index (χ3n) is 6.36. The summed E-state index contributed by atoms with van der Waals surface area (Å²) in [5.74, 6) is -1.75. The van der Waals surface area contributed by atoms with Crippen molar-refractivity contribution in [1.82, 2.24) is 20.0 Å². The van der Waals surface area contributed by atoms with Gasteiger partial charge in [-0.25, -0.2) is 31.3 Å². The quantitative estimate of drug-likeness (QED) is 0.195. The number of hydrogen-bond acceptors (Lipinski definition) is 10. The van der Waals surface area contributed by atoms with Crippen LogP contribution in [0.3, 0.4) is 0 Å². The first-order valence-corrected chi connectivity index (χ1v) is 15.0. The number of halogens is 2. The van der Waals surface area contributed by atoms with Gasteiger partial charge in [0.1, 0.15) is 34.4 Å². The average Bonchev–Trinajstić information content (AvgIpc) is 3.46. The summed E-state index contributed by atoms with van der Waals surface area (Å²) >= 11 is 0.769. The minimum atomic E-state index is -4.68. The molecule has 42 heavy (non-hydrogen) atoms. The highest BCUT2D eigenvalue weighted by Gasteiger charge is 2.32. The van der Waals surface area contributed by atoms with Crippen molar-refractivity contribution in [3.8, 4) is 11.5 Å². The van der Waals surface area contributed by atoms with E-state index in [-0.39, 0.29) is 35.9 Å². The van der Waals surface area contributed by atoms with Gasteiger partial charge in [-0.1, -0.05) is 13.8 Å². The highest BCUT2D eigenvalue weighted by atomic mass is 32.2. The van der Waals surface area contributed by atoms with E-state index < -0.39 is 38.7 Å². The van der Waals surface area contributed by atoms with E-state index >= 15 is 8.78 Å². The molecule has 0 bridgehead atoms. The van der Waals surface area contributed by atoms with E-state index in [2.05, 4.69) is 25.3 Å². The number of methoxy groups -OCH3 is 2. The molecule has 3 rings (SSSR count). The molecule has 1 heterocycles. The number of amides is 1. The smallest absolute Gasteiger partial charge is 0.404 e. The van der Waals surface area contributed by atoms with Gasteiger partial charge in [-0.3, -0.25) is 0 Å². The van der Waals surface area contributed by atoms with Gasteiger partial charge in [0.2, 0.25) is 5.13 Å². The Morgan fingerprint density at radius 1 is 1.10 bits per heavy atom. The summed E-state index contributed by atoms with van der Waals surface area (Å²) in [6, 6.07) is 5.72. The van der Waals surface area contributed by atoms with Crippen LogP contribution in [0, 0.1) is 17.6 Å². The summed E-state index contributed by atoms with van der Waals surface area (Å²) in [6.07, 6.45) is -0.0567. The third-order valence-corrected chi connectivity index (χ3v) is 8.92. The first kappa shape index (κ1) is 32.8. The number of sulfonamides is 1. The maximum Gasteiger partial charge on any atom is 0.404 e. The molecule has 230 valence electrons. The number of nitrogens with one attached hydrogen (secondary N) is 3. The Morgan fingerprint density at radius 3 is 2.43 bits per heavy atom. The summed E-state index contributed by atoms with van der Waals surface area (Å²) in [4.78, 5) is 14.2. The zero-order chi connectivity index (χ0) is 31.0. The van der Waals surface area contributed by atoms with Crippen molar-refractivity contribution < 1.29 is 36.6 Å². The minimum Gasteiger partial charge on any atom is -0.497 e. The SMILES string of the molecule is COc1ccc(CN(c2ncns2)S(=O)(=O)c2cc(F)c(NCC(CNC(C)C)C(C)NC(=O)O)cc2F)c(OC)c1. The van der Waals surface area contributed by atoms with Crippen molar-refractivity contribution >= 4 is 38.5 Å². The van der Waals surface area contributed by atoms with Crippen molar-refractivity contribution in [2.75, 3.05) is 36.9 Å². The fraction of sp³-hybridized carbons (Fsp3) is 0.423. The molecule has 1 aromatic heterocycles. The zero-order valence-electron chi connectivity index (χ0n) is 23.7. The Morgan fingerprint density at radius 2 is 1.83 bits per heavy atom. The molecule has 0 aliphatic heterocycles. The maximum atomic E-state index is 15.4. The first-order valence-electron chi connectivity index (χ1n) is 12.8. The molecular weight excluding hydrogens is 594 g/mol. The van der Waals surface area contributed by atoms with Crippen LogP contribution in [0.1, 0.15) is 26.3 Å². The average molecular weight is 629 g/mol. The fourth-order valence-electron chi connectivity index (χ4n) is 4.02. The van der Waals surface area contributed by atoms with E-state index in [1.54, 1.807) is 25.1 Å². The van der Waals surface area contributed by atoms with Crippen molar-refractivity contribution in [3.63, 3.8) is 0 Å². The van der Waals surface area contributed by atoms with E-state index in [9.17, 15) is 13.2 Å². The van der Waals surface area contributed by atoms with Crippen LogP contribution in [0.2, 0.25) is 0 Å². The first-order chi connectivity index (χ1) is 19.9. The summed E-state index contributed by atoms with van der Waals surface area (Å²) in [5.41, 5.74) is 0.143. The van der Waals surface area contributed by atoms with Gasteiger partial charge in [-0.05, 0) is 25.1 Å². The third kappa shape index (κ3) is 8.17. The number of ether oxygens (including phenoxy) is 2. The number of nitrogens with zero attached hydrogens (tertiary/aromatic N) is 3. The second kappa shape index (κ2) is 14.4. The number of hydrogen-bond donors (Lipinski definition) is 4. The number of carboxylic acid groups (broad SMARTS) is 1. The van der Waals surface area contributed by atoms with Crippen LogP contribution in [-0.2, 0) is 16.6 Å². The largest absolute Gasteiger partial charge is 0.497 e. The van der Waals surface area contributed by atoms with E-state index in [1.165, 1.54) is 14.2 Å². The van der Waals surface area contributed by atoms with Crippen molar-refractivity contribution in [2.24, 2.45) is 5.92 Å². The molecule has 3 aromatic rings. The second-order valence-corrected chi connectivity index (χ2v) is 12.2. The molecule has 2 aromatic carbocycles. The summed E-state index contributed by atoms with van der Waals surface area (Å²) in [7, 11) is -1.80. The Labute approximate surface area is 247 Å². The molecule has 2 unspecified atom stereocenters. The van der Waals surface area contributed by atoms with Gasteiger partial charge in [0.05, 0.1) is 26.5 Å². The molecule has 2 atom stereocenters. The number of rotatable bonds is 15. The number of anilines is 2. The standard InChI is InChI=1S/C26H34F2N6O6S2/c1-15(2)29-11-18(16(3)33-26(35)36)12-30-22-9-21(28)24(10-20(22)27)42(37,38)34(25-31-14-32-41-25)13-17-6-7-19(39-4)8-23(17)40-5/h6-10,14-16,18,29-30,33H,11-13H2,1-5H3,(H,35,36). The normalized spacial score (nSPS) is 13.0. The fourth-order valence-corrected chi connectivity index (χ4v) is 6.21. The van der Waals surface area contributed by atoms with Gasteiger partial charge in [0.25, 0.3) is 10.0 Å². The second-order valence-electron chi connectivity index (χ2n) is 9.62. The molecule has 4 N–H and O–H groups in total. The molecule has 1 amide bonds. The molecule has 0 aliphatic rings. The van der Waals surface area contributed by atoms with Crippen LogP contribution in [0.5, 0.6) is 11.5 Å². The maximum absolute atomic E-state index is 15.4. The van der Waals surface area contributed by atoms with Crippen molar-refractivity contribution in [2.45, 2.75) is 44.3 Å². The lowest BCUT2D eigenvalue weighted by Crippen LogP contribution is -2.45. The monoisotopic (exact) mass is 628 g/mol. The van der Waals surface area contributed by atoms with Crippen LogP contribution < -0.4 is 29.7 Å². The molecule has 0 saturated heterocycles. The zero-order valence-corrected chi connectivity index (χ0v) is 25.4. The van der Waals surface area contributed by atoms with Gasteiger partial charge in [-0.15, -0.1) is 0 Å². The number of benzene rings is 2. The van der Waals surface area contributed by atoms with Crippen molar-refractivity contribution in [1.29, 1.82) is 0 Å². The van der Waals surface area contributed by atoms with Crippen molar-refractivity contribution in [3.05, 3.63) is 53.9 Å². The lowest BCUT2D eigenvalue weighted by atomic mass is 10.0. The Kier molecular flexibility index (Phi) is 11.2.